The number of fused-ring (bicyclic) bond motifs is 1. The van der Waals surface area contributed by atoms with Crippen molar-refractivity contribution in [2.24, 2.45) is 0 Å². The topological polar surface area (TPSA) is 80.6 Å². The molecular weight excluding hydrogens is 411 g/mol. The number of carbonyl (C=O) groups excluding carboxylic acids is 1. The lowest BCUT2D eigenvalue weighted by Crippen LogP contribution is -2.32. The van der Waals surface area contributed by atoms with Gasteiger partial charge in [0.25, 0.3) is 11.5 Å². The Hall–Kier alpha value is -3.97. The number of hydrogen-bond acceptors (Lipinski definition) is 4. The number of benzene rings is 3. The molecule has 162 valence electrons. The second kappa shape index (κ2) is 8.64. The number of aliphatic hydroxyl groups excluding tert-OH is 1. The number of amides is 1. The average Bonchev–Trinajstić information content (AvgIpc) is 2.79. The number of nitrogens with one attached hydrogen (secondary N) is 1. The Kier molecular flexibility index (Phi) is 5.75. The maximum absolute atomic E-state index is 13.5. The quantitative estimate of drug-likeness (QED) is 0.469. The molecule has 2 N–H and O–H groups in total. The summed E-state index contributed by atoms with van der Waals surface area (Å²) >= 11 is 0. The zero-order valence-corrected chi connectivity index (χ0v) is 17.5. The van der Waals surface area contributed by atoms with Crippen LogP contribution in [-0.2, 0) is 0 Å². The Morgan fingerprint density at radius 3 is 2.47 bits per heavy atom. The number of aromatic nitrogens is 1. The van der Waals surface area contributed by atoms with Crippen LogP contribution in [0, 0.1) is 12.7 Å². The van der Waals surface area contributed by atoms with E-state index in [9.17, 15) is 19.1 Å². The molecule has 3 aromatic carbocycles. The average molecular weight is 432 g/mol. The number of aliphatic hydroxyl groups is 1. The molecular formula is C25H21FN2O4. The summed E-state index contributed by atoms with van der Waals surface area (Å²) in [6.07, 6.45) is -1.42. The fraction of sp³-hybridized carbons (Fsp3) is 0.120. The van der Waals surface area contributed by atoms with E-state index in [4.69, 9.17) is 4.74 Å². The molecule has 0 saturated heterocycles. The van der Waals surface area contributed by atoms with Gasteiger partial charge in [-0.05, 0) is 37.3 Å². The maximum atomic E-state index is 13.5. The normalized spacial score (nSPS) is 11.9. The molecule has 4 aromatic rings. The number of hydrogen-bond donors (Lipinski definition) is 2. The lowest BCUT2D eigenvalue weighted by atomic mass is 10.0. The van der Waals surface area contributed by atoms with Crippen molar-refractivity contribution in [1.82, 2.24) is 9.88 Å². The van der Waals surface area contributed by atoms with Crippen molar-refractivity contribution in [3.05, 3.63) is 106 Å². The van der Waals surface area contributed by atoms with Crippen LogP contribution in [0.25, 0.3) is 16.5 Å². The number of ether oxygens (including phenoxy) is 1. The van der Waals surface area contributed by atoms with E-state index in [2.05, 4.69) is 5.32 Å². The first-order chi connectivity index (χ1) is 15.4. The molecule has 0 unspecified atom stereocenters. The monoisotopic (exact) mass is 432 g/mol. The van der Waals surface area contributed by atoms with Gasteiger partial charge in [0, 0.05) is 28.1 Å². The summed E-state index contributed by atoms with van der Waals surface area (Å²) in [6.45, 7) is 1.66. The van der Waals surface area contributed by atoms with Crippen molar-refractivity contribution < 1.29 is 19.0 Å². The molecule has 1 aromatic heterocycles. The molecule has 7 heteroatoms. The van der Waals surface area contributed by atoms with E-state index in [1.807, 2.05) is 0 Å². The van der Waals surface area contributed by atoms with Crippen LogP contribution in [0.5, 0.6) is 5.75 Å². The van der Waals surface area contributed by atoms with Crippen LogP contribution in [0.2, 0.25) is 0 Å². The van der Waals surface area contributed by atoms with Crippen LogP contribution >= 0.6 is 0 Å². The molecule has 4 rings (SSSR count). The molecule has 0 aliphatic carbocycles. The highest BCUT2D eigenvalue weighted by Gasteiger charge is 2.22. The van der Waals surface area contributed by atoms with Crippen molar-refractivity contribution in [3.63, 3.8) is 0 Å². The largest absolute Gasteiger partial charge is 0.497 e. The first-order valence-electron chi connectivity index (χ1n) is 9.94. The summed E-state index contributed by atoms with van der Waals surface area (Å²) in [5, 5.41) is 13.8. The van der Waals surface area contributed by atoms with Crippen LogP contribution in [0.4, 0.5) is 4.39 Å². The van der Waals surface area contributed by atoms with Crippen LogP contribution in [-0.4, -0.2) is 22.7 Å². The van der Waals surface area contributed by atoms with Gasteiger partial charge < -0.3 is 15.2 Å². The van der Waals surface area contributed by atoms with Gasteiger partial charge in [-0.15, -0.1) is 0 Å². The first kappa shape index (κ1) is 21.3. The molecule has 6 nitrogen and oxygen atoms in total. The van der Waals surface area contributed by atoms with Crippen molar-refractivity contribution in [3.8, 4) is 11.4 Å². The third-order valence-electron chi connectivity index (χ3n) is 5.30. The van der Waals surface area contributed by atoms with E-state index < -0.39 is 18.0 Å². The molecule has 0 fully saturated rings. The lowest BCUT2D eigenvalue weighted by molar-refractivity contribution is 0.0783. The third-order valence-corrected chi connectivity index (χ3v) is 5.30. The summed E-state index contributed by atoms with van der Waals surface area (Å²) in [7, 11) is 1.53. The molecule has 0 aliphatic rings. The number of halogens is 1. The predicted octanol–water partition coefficient (Wildman–Crippen LogP) is 3.87. The summed E-state index contributed by atoms with van der Waals surface area (Å²) in [4.78, 5) is 26.6. The number of methoxy groups -OCH3 is 1. The predicted molar refractivity (Wildman–Crippen MR) is 120 cm³/mol. The molecule has 0 bridgehead atoms. The van der Waals surface area contributed by atoms with Crippen LogP contribution < -0.4 is 15.6 Å². The zero-order valence-electron chi connectivity index (χ0n) is 17.5. The Balaban J connectivity index is 1.87. The van der Waals surface area contributed by atoms with Crippen molar-refractivity contribution in [2.45, 2.75) is 13.2 Å². The van der Waals surface area contributed by atoms with E-state index in [1.165, 1.54) is 29.9 Å². The van der Waals surface area contributed by atoms with Gasteiger partial charge in [-0.3, -0.25) is 14.2 Å². The molecule has 0 saturated carbocycles. The number of carbonyl (C=O) groups is 1. The van der Waals surface area contributed by atoms with Crippen LogP contribution in [0.15, 0.2) is 77.6 Å². The smallest absolute Gasteiger partial charge is 0.263 e. The van der Waals surface area contributed by atoms with Crippen molar-refractivity contribution in [1.29, 1.82) is 0 Å². The van der Waals surface area contributed by atoms with E-state index in [1.54, 1.807) is 55.5 Å². The summed E-state index contributed by atoms with van der Waals surface area (Å²) < 4.78 is 20.2. The van der Waals surface area contributed by atoms with E-state index in [-0.39, 0.29) is 16.7 Å². The molecule has 32 heavy (non-hydrogen) atoms. The van der Waals surface area contributed by atoms with E-state index in [0.717, 1.165) is 6.07 Å². The van der Waals surface area contributed by atoms with Gasteiger partial charge in [-0.25, -0.2) is 4.39 Å². The zero-order chi connectivity index (χ0) is 22.8. The Morgan fingerprint density at radius 2 is 1.75 bits per heavy atom. The molecule has 0 spiro atoms. The fourth-order valence-electron chi connectivity index (χ4n) is 3.77. The Labute approximate surface area is 183 Å². The second-order valence-electron chi connectivity index (χ2n) is 7.28. The minimum atomic E-state index is -1.42. The van der Waals surface area contributed by atoms with Crippen LogP contribution in [0.1, 0.15) is 27.8 Å². The lowest BCUT2D eigenvalue weighted by Gasteiger charge is -2.19. The SMILES string of the molecule is COc1cccc(-n2c(C)c(C(=O)N[C@@H](O)c3cccc(F)c3)c3ccccc3c2=O)c1. The van der Waals surface area contributed by atoms with Gasteiger partial charge in [0.1, 0.15) is 11.6 Å². The van der Waals surface area contributed by atoms with Gasteiger partial charge >= 0.3 is 0 Å². The Bertz CT molecular complexity index is 1380. The number of pyridine rings is 1. The summed E-state index contributed by atoms with van der Waals surface area (Å²) in [6, 6.07) is 19.1. The summed E-state index contributed by atoms with van der Waals surface area (Å²) in [5.74, 6) is -0.550. The van der Waals surface area contributed by atoms with Crippen molar-refractivity contribution in [2.75, 3.05) is 7.11 Å². The highest BCUT2D eigenvalue weighted by molar-refractivity contribution is 6.08. The van der Waals surface area contributed by atoms with E-state index in [0.29, 0.717) is 27.9 Å². The molecule has 1 amide bonds. The van der Waals surface area contributed by atoms with Gasteiger partial charge in [0.15, 0.2) is 6.23 Å². The highest BCUT2D eigenvalue weighted by atomic mass is 19.1. The number of rotatable bonds is 5. The van der Waals surface area contributed by atoms with Gasteiger partial charge in [-0.2, -0.15) is 0 Å². The summed E-state index contributed by atoms with van der Waals surface area (Å²) in [5.41, 5.74) is 1.09. The molecule has 1 heterocycles. The number of nitrogens with zero attached hydrogens (tertiary/aromatic N) is 1. The van der Waals surface area contributed by atoms with E-state index >= 15 is 0 Å². The van der Waals surface area contributed by atoms with Gasteiger partial charge in [0.05, 0.1) is 18.4 Å². The van der Waals surface area contributed by atoms with Gasteiger partial charge in [-0.1, -0.05) is 36.4 Å². The van der Waals surface area contributed by atoms with Crippen molar-refractivity contribution >= 4 is 16.7 Å². The molecule has 0 radical (unpaired) electrons. The van der Waals surface area contributed by atoms with Gasteiger partial charge in [0.2, 0.25) is 0 Å². The first-order valence-corrected chi connectivity index (χ1v) is 9.94. The highest BCUT2D eigenvalue weighted by Crippen LogP contribution is 2.24. The minimum absolute atomic E-state index is 0.210. The molecule has 0 aliphatic heterocycles. The fourth-order valence-corrected chi connectivity index (χ4v) is 3.77. The standard InChI is InChI=1S/C25H21FN2O4/c1-15-22(24(30)27-23(29)16-7-5-8-17(26)13-16)20-11-3-4-12-21(20)25(31)28(15)18-9-6-10-19(14-18)32-2/h3-14,23,29H,1-2H3,(H,27,30)/t23-/m0/s1. The maximum Gasteiger partial charge on any atom is 0.263 e. The molecule has 1 atom stereocenters. The Morgan fingerprint density at radius 1 is 1.03 bits per heavy atom. The van der Waals surface area contributed by atoms with Crippen LogP contribution in [0.3, 0.4) is 0 Å². The minimum Gasteiger partial charge on any atom is -0.497 e. The third kappa shape index (κ3) is 3.86. The second-order valence-corrected chi connectivity index (χ2v) is 7.28.